The molecule has 0 radical (unpaired) electrons. The van der Waals surface area contributed by atoms with Gasteiger partial charge in [0, 0.05) is 25.2 Å². The van der Waals surface area contributed by atoms with E-state index in [1.807, 2.05) is 24.3 Å². The summed E-state index contributed by atoms with van der Waals surface area (Å²) in [6.45, 7) is 1.48. The van der Waals surface area contributed by atoms with E-state index in [1.165, 1.54) is 6.07 Å². The summed E-state index contributed by atoms with van der Waals surface area (Å²) in [5.41, 5.74) is 9.65. The minimum Gasteiger partial charge on any atom is -0.339 e. The molecular formula is C25H26FN3O3. The number of benzene rings is 3. The Hall–Kier alpha value is -3.26. The number of hydrogen-bond acceptors (Lipinski definition) is 5. The lowest BCUT2D eigenvalue weighted by atomic mass is 9.88. The van der Waals surface area contributed by atoms with Crippen LogP contribution >= 0.6 is 0 Å². The quantitative estimate of drug-likeness (QED) is 0.512. The molecule has 7 heteroatoms. The van der Waals surface area contributed by atoms with Crippen molar-refractivity contribution in [3.8, 4) is 11.1 Å². The van der Waals surface area contributed by atoms with E-state index in [1.54, 1.807) is 41.3 Å². The normalized spacial score (nSPS) is 14.4. The molecule has 1 amide bonds. The van der Waals surface area contributed by atoms with E-state index in [4.69, 9.17) is 5.73 Å². The predicted octanol–water partition coefficient (Wildman–Crippen LogP) is 4.56. The Labute approximate surface area is 186 Å². The highest BCUT2D eigenvalue weighted by Crippen LogP contribution is 2.31. The second-order valence-electron chi connectivity index (χ2n) is 8.05. The molecule has 1 aliphatic rings. The molecule has 32 heavy (non-hydrogen) atoms. The molecule has 6 nitrogen and oxygen atoms in total. The third kappa shape index (κ3) is 4.65. The molecule has 0 aromatic heterocycles. The van der Waals surface area contributed by atoms with E-state index < -0.39 is 0 Å². The number of carbonyl (C=O) groups excluding carboxylic acids is 1. The van der Waals surface area contributed by atoms with Crippen molar-refractivity contribution in [2.24, 2.45) is 5.73 Å². The maximum atomic E-state index is 14.3. The van der Waals surface area contributed by atoms with Gasteiger partial charge in [0.15, 0.2) is 0 Å². The van der Waals surface area contributed by atoms with Gasteiger partial charge in [-0.3, -0.25) is 15.2 Å². The topological polar surface area (TPSA) is 90.0 Å². The number of halogens is 1. The molecule has 0 atom stereocenters. The zero-order valence-corrected chi connectivity index (χ0v) is 17.6. The molecule has 3 aromatic carbocycles. The molecule has 3 aromatic rings. The Morgan fingerprint density at radius 1 is 1.00 bits per heavy atom. The average Bonchev–Trinajstić information content (AvgIpc) is 2.84. The van der Waals surface area contributed by atoms with Crippen LogP contribution < -0.4 is 11.0 Å². The molecule has 0 saturated carbocycles. The third-order valence-electron chi connectivity index (χ3n) is 6.04. The van der Waals surface area contributed by atoms with Crippen LogP contribution in [0.3, 0.4) is 0 Å². The van der Waals surface area contributed by atoms with E-state index in [0.29, 0.717) is 43.6 Å². The van der Waals surface area contributed by atoms with Crippen LogP contribution in [0.1, 0.15) is 40.2 Å². The first-order valence-corrected chi connectivity index (χ1v) is 10.6. The summed E-state index contributed by atoms with van der Waals surface area (Å²) < 4.78 is 14.3. The van der Waals surface area contributed by atoms with Crippen LogP contribution in [-0.2, 0) is 6.54 Å². The first-order chi connectivity index (χ1) is 15.5. The van der Waals surface area contributed by atoms with Crippen LogP contribution in [0.2, 0.25) is 0 Å². The van der Waals surface area contributed by atoms with E-state index in [9.17, 15) is 19.6 Å². The van der Waals surface area contributed by atoms with Gasteiger partial charge in [-0.25, -0.2) is 4.39 Å². The standard InChI is InChI=1S/C25H26FN3O3/c26-24-8-7-17(16-27)13-23(24)18-9-11-28(12-10-18)25(30)21-5-1-3-19(14-21)20-4-2-6-22(15-20)29(31)32/h1-8,13-15,18,31-32H,9-12,16,27H2. The molecule has 0 aliphatic carbocycles. The summed E-state index contributed by atoms with van der Waals surface area (Å²) in [5.74, 6) is -0.214. The average molecular weight is 435 g/mol. The van der Waals surface area contributed by atoms with Crippen molar-refractivity contribution in [2.75, 3.05) is 18.3 Å². The smallest absolute Gasteiger partial charge is 0.253 e. The summed E-state index contributed by atoms with van der Waals surface area (Å²) in [4.78, 5) is 14.9. The van der Waals surface area contributed by atoms with Gasteiger partial charge in [-0.1, -0.05) is 36.4 Å². The first kappa shape index (κ1) is 22.0. The van der Waals surface area contributed by atoms with Crippen LogP contribution in [0.5, 0.6) is 0 Å². The fourth-order valence-electron chi connectivity index (χ4n) is 4.25. The SMILES string of the molecule is NCc1ccc(F)c(C2CCN(C(=O)c3cccc(-c4cccc(N(O)O)c4)c3)CC2)c1. The maximum absolute atomic E-state index is 14.3. The third-order valence-corrected chi connectivity index (χ3v) is 6.04. The largest absolute Gasteiger partial charge is 0.339 e. The molecule has 1 heterocycles. The zero-order chi connectivity index (χ0) is 22.7. The van der Waals surface area contributed by atoms with Crippen LogP contribution in [-0.4, -0.2) is 34.3 Å². The summed E-state index contributed by atoms with van der Waals surface area (Å²) in [5, 5.41) is 18.6. The number of likely N-dealkylation sites (tertiary alicyclic amines) is 1. The highest BCUT2D eigenvalue weighted by atomic mass is 19.1. The van der Waals surface area contributed by atoms with Crippen LogP contribution in [0.25, 0.3) is 11.1 Å². The number of amides is 1. The minimum atomic E-state index is -0.216. The fraction of sp³-hybridized carbons (Fsp3) is 0.240. The van der Waals surface area contributed by atoms with Crippen molar-refractivity contribution in [3.05, 3.63) is 89.2 Å². The van der Waals surface area contributed by atoms with E-state index in [0.717, 1.165) is 16.7 Å². The Morgan fingerprint density at radius 3 is 2.38 bits per heavy atom. The van der Waals surface area contributed by atoms with E-state index in [2.05, 4.69) is 0 Å². The molecular weight excluding hydrogens is 409 g/mol. The number of rotatable bonds is 5. The van der Waals surface area contributed by atoms with Gasteiger partial charge < -0.3 is 10.6 Å². The molecule has 4 rings (SSSR count). The molecule has 0 spiro atoms. The number of piperidine rings is 1. The predicted molar refractivity (Wildman–Crippen MR) is 120 cm³/mol. The monoisotopic (exact) mass is 435 g/mol. The molecule has 4 N–H and O–H groups in total. The molecule has 166 valence electrons. The van der Waals surface area contributed by atoms with E-state index in [-0.39, 0.29) is 28.6 Å². The van der Waals surface area contributed by atoms with Crippen molar-refractivity contribution in [2.45, 2.75) is 25.3 Å². The molecule has 1 saturated heterocycles. The lowest BCUT2D eigenvalue weighted by Crippen LogP contribution is -2.38. The minimum absolute atomic E-state index is 0.0642. The summed E-state index contributed by atoms with van der Waals surface area (Å²) in [7, 11) is 0. The van der Waals surface area contributed by atoms with Gasteiger partial charge in [0.25, 0.3) is 5.91 Å². The fourth-order valence-corrected chi connectivity index (χ4v) is 4.25. The van der Waals surface area contributed by atoms with Crippen LogP contribution in [0.4, 0.5) is 10.1 Å². The molecule has 0 unspecified atom stereocenters. The Kier molecular flexibility index (Phi) is 6.50. The number of carbonyl (C=O) groups is 1. The summed E-state index contributed by atoms with van der Waals surface area (Å²) in [6, 6.07) is 19.0. The van der Waals surface area contributed by atoms with Crippen LogP contribution in [0, 0.1) is 5.82 Å². The van der Waals surface area contributed by atoms with Gasteiger partial charge in [-0.2, -0.15) is 0 Å². The van der Waals surface area contributed by atoms with Gasteiger partial charge in [-0.05, 0) is 71.3 Å². The van der Waals surface area contributed by atoms with Crippen molar-refractivity contribution >= 4 is 11.6 Å². The first-order valence-electron chi connectivity index (χ1n) is 10.6. The maximum Gasteiger partial charge on any atom is 0.253 e. The van der Waals surface area contributed by atoms with Gasteiger partial charge in [0.1, 0.15) is 5.82 Å². The molecule has 1 aliphatic heterocycles. The van der Waals surface area contributed by atoms with Gasteiger partial charge >= 0.3 is 0 Å². The van der Waals surface area contributed by atoms with Crippen molar-refractivity contribution < 1.29 is 19.6 Å². The summed E-state index contributed by atoms with van der Waals surface area (Å²) in [6.07, 6.45) is 1.39. The number of nitrogens with zero attached hydrogens (tertiary/aromatic N) is 2. The van der Waals surface area contributed by atoms with Gasteiger partial charge in [0.05, 0.1) is 5.69 Å². The molecule has 1 fully saturated rings. The highest BCUT2D eigenvalue weighted by molar-refractivity contribution is 5.95. The van der Waals surface area contributed by atoms with Crippen molar-refractivity contribution in [1.29, 1.82) is 0 Å². The Balaban J connectivity index is 1.47. The zero-order valence-electron chi connectivity index (χ0n) is 17.6. The number of anilines is 1. The lowest BCUT2D eigenvalue weighted by Gasteiger charge is -2.32. The second kappa shape index (κ2) is 9.48. The second-order valence-corrected chi connectivity index (χ2v) is 8.05. The van der Waals surface area contributed by atoms with Crippen molar-refractivity contribution in [3.63, 3.8) is 0 Å². The van der Waals surface area contributed by atoms with Gasteiger partial charge in [-0.15, -0.1) is 5.23 Å². The van der Waals surface area contributed by atoms with E-state index >= 15 is 0 Å². The summed E-state index contributed by atoms with van der Waals surface area (Å²) >= 11 is 0. The lowest BCUT2D eigenvalue weighted by molar-refractivity contribution is 0.0292. The van der Waals surface area contributed by atoms with Crippen LogP contribution in [0.15, 0.2) is 66.7 Å². The number of hydrogen-bond donors (Lipinski definition) is 3. The van der Waals surface area contributed by atoms with Gasteiger partial charge in [0.2, 0.25) is 0 Å². The highest BCUT2D eigenvalue weighted by Gasteiger charge is 2.26. The molecule has 0 bridgehead atoms. The Bertz CT molecular complexity index is 1110. The Morgan fingerprint density at radius 2 is 1.69 bits per heavy atom. The number of nitrogens with two attached hydrogens (primary N) is 1. The van der Waals surface area contributed by atoms with Crippen molar-refractivity contribution in [1.82, 2.24) is 4.90 Å².